The second-order valence-electron chi connectivity index (χ2n) is 7.30. The van der Waals surface area contributed by atoms with E-state index < -0.39 is 12.0 Å². The van der Waals surface area contributed by atoms with Gasteiger partial charge in [0, 0.05) is 7.93 Å². The van der Waals surface area contributed by atoms with Gasteiger partial charge in [-0.05, 0) is 58.7 Å². The van der Waals surface area contributed by atoms with Crippen LogP contribution in [0, 0.1) is 11.8 Å². The van der Waals surface area contributed by atoms with E-state index in [1.807, 2.05) is 38.1 Å². The zero-order chi connectivity index (χ0) is 20.4. The van der Waals surface area contributed by atoms with Crippen LogP contribution in [0.15, 0.2) is 37.7 Å². The van der Waals surface area contributed by atoms with Crippen molar-refractivity contribution in [3.05, 3.63) is 43.3 Å². The number of nitrogens with one attached hydrogen (secondary N) is 1. The van der Waals surface area contributed by atoms with E-state index >= 15 is 0 Å². The van der Waals surface area contributed by atoms with E-state index in [1.165, 1.54) is 5.57 Å². The molecule has 0 saturated heterocycles. The van der Waals surface area contributed by atoms with Crippen molar-refractivity contribution in [1.29, 1.82) is 0 Å². The zero-order valence-corrected chi connectivity index (χ0v) is 19.6. The minimum atomic E-state index is -0.804. The Balaban J connectivity index is 1.95. The van der Waals surface area contributed by atoms with E-state index in [-0.39, 0.29) is 29.5 Å². The number of aliphatic imine (C=N–C) groups is 1. The normalized spacial score (nSPS) is 24.6. The molecule has 1 amide bonds. The molecule has 5 nitrogen and oxygen atoms in total. The minimum absolute atomic E-state index is 0.0429. The largest absolute Gasteiger partial charge is 0.465 e. The van der Waals surface area contributed by atoms with Crippen LogP contribution in [-0.4, -0.2) is 35.6 Å². The molecule has 150 valence electrons. The number of amides is 1. The van der Waals surface area contributed by atoms with Crippen LogP contribution < -0.4 is 5.32 Å². The summed E-state index contributed by atoms with van der Waals surface area (Å²) in [4.78, 5) is 29.8. The second-order valence-corrected chi connectivity index (χ2v) is 10.7. The fraction of sp³-hybridized carbons (Fsp3) is 0.450. The summed E-state index contributed by atoms with van der Waals surface area (Å²) >= 11 is 9.97. The van der Waals surface area contributed by atoms with Gasteiger partial charge in [-0.3, -0.25) is 14.6 Å². The fourth-order valence-corrected chi connectivity index (χ4v) is 5.58. The number of hydrogen-bond donors (Lipinski definition) is 1. The Labute approximate surface area is 187 Å². The molecular weight excluding hydrogens is 511 g/mol. The highest BCUT2D eigenvalue weighted by molar-refractivity contribution is 14.1. The highest BCUT2D eigenvalue weighted by Gasteiger charge is 2.41. The third-order valence-electron chi connectivity index (χ3n) is 4.56. The van der Waals surface area contributed by atoms with Gasteiger partial charge in [0.05, 0.1) is 30.0 Å². The lowest BCUT2D eigenvalue weighted by Crippen LogP contribution is -2.40. The lowest BCUT2D eigenvalue weighted by Gasteiger charge is -2.20. The van der Waals surface area contributed by atoms with Crippen LogP contribution in [-0.2, 0) is 14.3 Å². The average Bonchev–Trinajstić information content (AvgIpc) is 2.83. The summed E-state index contributed by atoms with van der Waals surface area (Å²) in [5.74, 6) is -0.453. The van der Waals surface area contributed by atoms with Gasteiger partial charge in [-0.15, -0.1) is 0 Å². The Morgan fingerprint density at radius 3 is 2.68 bits per heavy atom. The molecular formula is C20H22ClIN2O3S. The van der Waals surface area contributed by atoms with Crippen molar-refractivity contribution in [2.45, 2.75) is 38.6 Å². The predicted molar refractivity (Wildman–Crippen MR) is 122 cm³/mol. The highest BCUT2D eigenvalue weighted by Crippen LogP contribution is 2.46. The molecule has 0 radical (unpaired) electrons. The van der Waals surface area contributed by atoms with Crippen molar-refractivity contribution < 1.29 is 14.3 Å². The van der Waals surface area contributed by atoms with Crippen LogP contribution in [0.5, 0.6) is 0 Å². The van der Waals surface area contributed by atoms with Gasteiger partial charge in [0.15, 0.2) is 0 Å². The molecule has 2 aliphatic heterocycles. The van der Waals surface area contributed by atoms with Gasteiger partial charge >= 0.3 is 5.97 Å². The molecule has 28 heavy (non-hydrogen) atoms. The maximum absolute atomic E-state index is 12.8. The SMILES string of the molecule is CC1=C(I)SC2NC(=O)[C@H](CC(=O)OCC(C)C)N=C(c3ccc(Cl)cc3)C12. The average molecular weight is 533 g/mol. The van der Waals surface area contributed by atoms with Crippen LogP contribution >= 0.6 is 46.0 Å². The Morgan fingerprint density at radius 2 is 2.04 bits per heavy atom. The van der Waals surface area contributed by atoms with Crippen molar-refractivity contribution in [2.24, 2.45) is 16.8 Å². The zero-order valence-electron chi connectivity index (χ0n) is 15.9. The first kappa shape index (κ1) is 21.6. The first-order valence-electron chi connectivity index (χ1n) is 9.08. The van der Waals surface area contributed by atoms with Crippen molar-refractivity contribution in [3.63, 3.8) is 0 Å². The molecule has 0 saturated carbocycles. The van der Waals surface area contributed by atoms with E-state index in [9.17, 15) is 9.59 Å². The van der Waals surface area contributed by atoms with E-state index in [4.69, 9.17) is 21.3 Å². The number of hydrogen-bond acceptors (Lipinski definition) is 5. The maximum Gasteiger partial charge on any atom is 0.308 e. The Morgan fingerprint density at radius 1 is 1.36 bits per heavy atom. The number of ether oxygens (including phenoxy) is 1. The molecule has 0 spiro atoms. The van der Waals surface area contributed by atoms with Gasteiger partial charge in [0.2, 0.25) is 5.91 Å². The number of benzene rings is 1. The number of thioether (sulfide) groups is 1. The predicted octanol–water partition coefficient (Wildman–Crippen LogP) is 4.57. The summed E-state index contributed by atoms with van der Waals surface area (Å²) < 4.78 is 6.42. The summed E-state index contributed by atoms with van der Waals surface area (Å²) in [5.41, 5.74) is 2.88. The Kier molecular flexibility index (Phi) is 7.09. The number of fused-ring (bicyclic) bond motifs is 1. The van der Waals surface area contributed by atoms with Crippen molar-refractivity contribution >= 4 is 63.5 Å². The highest BCUT2D eigenvalue weighted by atomic mass is 127. The molecule has 3 rings (SSSR count). The lowest BCUT2D eigenvalue weighted by atomic mass is 9.91. The quantitative estimate of drug-likeness (QED) is 0.446. The van der Waals surface area contributed by atoms with Crippen LogP contribution in [0.25, 0.3) is 0 Å². The number of esters is 1. The second kappa shape index (κ2) is 9.17. The van der Waals surface area contributed by atoms with Crippen LogP contribution in [0.4, 0.5) is 0 Å². The number of rotatable bonds is 5. The molecule has 1 aromatic carbocycles. The molecule has 0 bridgehead atoms. The summed E-state index contributed by atoms with van der Waals surface area (Å²) in [5, 5.41) is 3.57. The Hall–Kier alpha value is -1.06. The summed E-state index contributed by atoms with van der Waals surface area (Å²) in [6.07, 6.45) is -0.0698. The smallest absolute Gasteiger partial charge is 0.308 e. The van der Waals surface area contributed by atoms with E-state index in [0.29, 0.717) is 11.6 Å². The van der Waals surface area contributed by atoms with Crippen LogP contribution in [0.2, 0.25) is 5.02 Å². The van der Waals surface area contributed by atoms with Gasteiger partial charge in [-0.1, -0.05) is 49.3 Å². The van der Waals surface area contributed by atoms with Crippen molar-refractivity contribution in [3.8, 4) is 0 Å². The van der Waals surface area contributed by atoms with Crippen LogP contribution in [0.1, 0.15) is 32.8 Å². The standard InChI is InChI=1S/C20H22ClIN2O3S/c1-10(2)9-27-15(25)8-14-19(26)24-20-16(11(3)18(22)28-20)17(23-14)12-4-6-13(21)7-5-12/h4-7,10,14,16,20H,8-9H2,1-3H3,(H,24,26)/t14-,16?,20?/m0/s1. The number of halogens is 2. The maximum atomic E-state index is 12.8. The summed E-state index contributed by atoms with van der Waals surface area (Å²) in [7, 11) is 0. The first-order chi connectivity index (χ1) is 13.3. The van der Waals surface area contributed by atoms with E-state index in [0.717, 1.165) is 14.2 Å². The topological polar surface area (TPSA) is 67.8 Å². The molecule has 3 atom stereocenters. The van der Waals surface area contributed by atoms with Gasteiger partial charge in [0.1, 0.15) is 6.04 Å². The molecule has 2 heterocycles. The van der Waals surface area contributed by atoms with Gasteiger partial charge in [-0.25, -0.2) is 0 Å². The molecule has 1 N–H and O–H groups in total. The third-order valence-corrected chi connectivity index (χ3v) is 7.60. The van der Waals surface area contributed by atoms with Gasteiger partial charge in [0.25, 0.3) is 0 Å². The van der Waals surface area contributed by atoms with Gasteiger partial charge < -0.3 is 10.1 Å². The molecule has 2 unspecified atom stereocenters. The van der Waals surface area contributed by atoms with E-state index in [2.05, 4.69) is 34.8 Å². The van der Waals surface area contributed by atoms with Crippen molar-refractivity contribution in [1.82, 2.24) is 5.32 Å². The Bertz CT molecular complexity index is 838. The third kappa shape index (κ3) is 4.91. The molecule has 0 fully saturated rings. The summed E-state index contributed by atoms with van der Waals surface area (Å²) in [6.45, 7) is 6.34. The number of nitrogens with zero attached hydrogens (tertiary/aromatic N) is 1. The first-order valence-corrected chi connectivity index (χ1v) is 11.4. The summed E-state index contributed by atoms with van der Waals surface area (Å²) in [6, 6.07) is 6.64. The van der Waals surface area contributed by atoms with E-state index in [1.54, 1.807) is 11.8 Å². The molecule has 1 aromatic rings. The molecule has 0 aromatic heterocycles. The fourth-order valence-electron chi connectivity index (χ4n) is 3.12. The molecule has 2 aliphatic rings. The van der Waals surface area contributed by atoms with Gasteiger partial charge in [-0.2, -0.15) is 0 Å². The monoisotopic (exact) mass is 532 g/mol. The molecule has 8 heteroatoms. The van der Waals surface area contributed by atoms with Crippen molar-refractivity contribution in [2.75, 3.05) is 6.61 Å². The number of carbonyl (C=O) groups excluding carboxylic acids is 2. The minimum Gasteiger partial charge on any atom is -0.465 e. The number of carbonyl (C=O) groups is 2. The lowest BCUT2D eigenvalue weighted by molar-refractivity contribution is -0.146. The van der Waals surface area contributed by atoms with Crippen LogP contribution in [0.3, 0.4) is 0 Å². The molecule has 0 aliphatic carbocycles.